The van der Waals surface area contributed by atoms with E-state index < -0.39 is 0 Å². The first kappa shape index (κ1) is 21.9. The number of aromatic hydroxyl groups is 2. The molecule has 2 aromatic rings. The Morgan fingerprint density at radius 2 is 1.29 bits per heavy atom. The summed E-state index contributed by atoms with van der Waals surface area (Å²) in [6, 6.07) is 10.5. The summed E-state index contributed by atoms with van der Waals surface area (Å²) in [5.41, 5.74) is 1.96. The predicted molar refractivity (Wildman–Crippen MR) is 107 cm³/mol. The quantitative estimate of drug-likeness (QED) is 0.471. The molecular formula is C22H30O6. The number of ether oxygens (including phenoxy) is 2. The van der Waals surface area contributed by atoms with Crippen molar-refractivity contribution >= 4 is 0 Å². The van der Waals surface area contributed by atoms with E-state index in [1.165, 1.54) is 14.2 Å². The Morgan fingerprint density at radius 1 is 0.786 bits per heavy atom. The van der Waals surface area contributed by atoms with Crippen LogP contribution in [0.2, 0.25) is 0 Å². The van der Waals surface area contributed by atoms with E-state index in [-0.39, 0.29) is 36.5 Å². The van der Waals surface area contributed by atoms with Crippen LogP contribution in [0.5, 0.6) is 23.0 Å². The summed E-state index contributed by atoms with van der Waals surface area (Å²) in [5.74, 6) is 1.10. The average Bonchev–Trinajstić information content (AvgIpc) is 2.71. The van der Waals surface area contributed by atoms with Gasteiger partial charge in [-0.1, -0.05) is 12.1 Å². The van der Waals surface area contributed by atoms with Gasteiger partial charge >= 0.3 is 0 Å². The van der Waals surface area contributed by atoms with Gasteiger partial charge in [-0.3, -0.25) is 0 Å². The van der Waals surface area contributed by atoms with Crippen molar-refractivity contribution in [2.45, 2.75) is 25.7 Å². The Balaban J connectivity index is 2.21. The molecule has 0 aliphatic carbocycles. The number of hydrogen-bond acceptors (Lipinski definition) is 6. The molecule has 0 unspecified atom stereocenters. The molecule has 0 saturated heterocycles. The zero-order valence-electron chi connectivity index (χ0n) is 16.5. The Hall–Kier alpha value is -2.44. The van der Waals surface area contributed by atoms with Gasteiger partial charge in [0.05, 0.1) is 14.2 Å². The molecule has 0 fully saturated rings. The van der Waals surface area contributed by atoms with Crippen LogP contribution in [0, 0.1) is 11.8 Å². The Bertz CT molecular complexity index is 746. The first-order valence-corrected chi connectivity index (χ1v) is 9.45. The van der Waals surface area contributed by atoms with Crippen LogP contribution >= 0.6 is 0 Å². The van der Waals surface area contributed by atoms with Crippen LogP contribution in [0.25, 0.3) is 0 Å². The minimum atomic E-state index is -0.0272. The highest BCUT2D eigenvalue weighted by Gasteiger charge is 2.22. The third-order valence-electron chi connectivity index (χ3n) is 5.12. The average molecular weight is 390 g/mol. The van der Waals surface area contributed by atoms with E-state index in [0.29, 0.717) is 30.8 Å². The fraction of sp³-hybridized carbons (Fsp3) is 0.455. The Kier molecular flexibility index (Phi) is 8.42. The van der Waals surface area contributed by atoms with E-state index in [1.807, 2.05) is 12.1 Å². The second kappa shape index (κ2) is 10.8. The maximum absolute atomic E-state index is 10.1. The SMILES string of the molecule is COc1cc(C[C@@H](CO)[C@H](CCCO)Cc2ccc(O)c(OC)c2)ccc1O. The van der Waals surface area contributed by atoms with Crippen LogP contribution in [-0.2, 0) is 12.8 Å². The first-order valence-electron chi connectivity index (χ1n) is 9.45. The molecular weight excluding hydrogens is 360 g/mol. The zero-order valence-corrected chi connectivity index (χ0v) is 16.5. The van der Waals surface area contributed by atoms with Gasteiger partial charge in [-0.2, -0.15) is 0 Å². The van der Waals surface area contributed by atoms with Crippen LogP contribution in [0.3, 0.4) is 0 Å². The monoisotopic (exact) mass is 390 g/mol. The van der Waals surface area contributed by atoms with E-state index in [2.05, 4.69) is 0 Å². The molecule has 6 nitrogen and oxygen atoms in total. The normalized spacial score (nSPS) is 13.1. The lowest BCUT2D eigenvalue weighted by Gasteiger charge is -2.26. The molecule has 0 spiro atoms. The van der Waals surface area contributed by atoms with Gasteiger partial charge in [0, 0.05) is 13.2 Å². The molecule has 154 valence electrons. The predicted octanol–water partition coefficient (Wildman–Crippen LogP) is 2.90. The number of phenols is 2. The largest absolute Gasteiger partial charge is 0.504 e. The summed E-state index contributed by atoms with van der Waals surface area (Å²) < 4.78 is 10.4. The van der Waals surface area contributed by atoms with Gasteiger partial charge in [0.25, 0.3) is 0 Å². The molecule has 4 N–H and O–H groups in total. The summed E-state index contributed by atoms with van der Waals surface area (Å²) >= 11 is 0. The molecule has 0 radical (unpaired) electrons. The van der Waals surface area contributed by atoms with Crippen LogP contribution < -0.4 is 9.47 Å². The number of phenolic OH excluding ortho intramolecular Hbond substituents is 2. The number of aliphatic hydroxyl groups excluding tert-OH is 2. The third-order valence-corrected chi connectivity index (χ3v) is 5.12. The number of rotatable bonds is 11. The van der Waals surface area contributed by atoms with Crippen molar-refractivity contribution in [3.63, 3.8) is 0 Å². The van der Waals surface area contributed by atoms with Crippen molar-refractivity contribution in [2.75, 3.05) is 27.4 Å². The first-order chi connectivity index (χ1) is 13.5. The van der Waals surface area contributed by atoms with Gasteiger partial charge < -0.3 is 29.9 Å². The molecule has 0 aliphatic heterocycles. The lowest BCUT2D eigenvalue weighted by atomic mass is 9.80. The van der Waals surface area contributed by atoms with Crippen molar-refractivity contribution in [1.29, 1.82) is 0 Å². The lowest BCUT2D eigenvalue weighted by Crippen LogP contribution is -2.23. The summed E-state index contributed by atoms with van der Waals surface area (Å²) in [6.45, 7) is 0.106. The fourth-order valence-electron chi connectivity index (χ4n) is 3.54. The third kappa shape index (κ3) is 5.78. The van der Waals surface area contributed by atoms with Crippen LogP contribution in [0.1, 0.15) is 24.0 Å². The van der Waals surface area contributed by atoms with E-state index in [4.69, 9.17) is 9.47 Å². The summed E-state index contributed by atoms with van der Waals surface area (Å²) in [6.07, 6.45) is 2.73. The summed E-state index contributed by atoms with van der Waals surface area (Å²) in [4.78, 5) is 0. The second-order valence-corrected chi connectivity index (χ2v) is 6.99. The van der Waals surface area contributed by atoms with Crippen LogP contribution in [0.4, 0.5) is 0 Å². The molecule has 2 aromatic carbocycles. The zero-order chi connectivity index (χ0) is 20.5. The van der Waals surface area contributed by atoms with Crippen LogP contribution in [0.15, 0.2) is 36.4 Å². The topological polar surface area (TPSA) is 99.4 Å². The maximum Gasteiger partial charge on any atom is 0.160 e. The lowest BCUT2D eigenvalue weighted by molar-refractivity contribution is 0.158. The van der Waals surface area contributed by atoms with E-state index in [9.17, 15) is 20.4 Å². The maximum atomic E-state index is 10.1. The van der Waals surface area contributed by atoms with Crippen molar-refractivity contribution in [3.05, 3.63) is 47.5 Å². The number of methoxy groups -OCH3 is 2. The van der Waals surface area contributed by atoms with Crippen LogP contribution in [-0.4, -0.2) is 47.9 Å². The number of aliphatic hydroxyl groups is 2. The van der Waals surface area contributed by atoms with Crippen molar-refractivity contribution in [3.8, 4) is 23.0 Å². The Labute approximate surface area is 166 Å². The molecule has 2 atom stereocenters. The van der Waals surface area contributed by atoms with Gasteiger partial charge in [-0.05, 0) is 72.9 Å². The molecule has 0 bridgehead atoms. The molecule has 0 aliphatic rings. The number of benzene rings is 2. The molecule has 6 heteroatoms. The Morgan fingerprint density at radius 3 is 1.71 bits per heavy atom. The number of hydrogen-bond donors (Lipinski definition) is 4. The molecule has 0 amide bonds. The minimum Gasteiger partial charge on any atom is -0.504 e. The smallest absolute Gasteiger partial charge is 0.160 e. The molecule has 28 heavy (non-hydrogen) atoms. The molecule has 0 heterocycles. The highest BCUT2D eigenvalue weighted by molar-refractivity contribution is 5.43. The van der Waals surface area contributed by atoms with E-state index >= 15 is 0 Å². The van der Waals surface area contributed by atoms with Gasteiger partial charge in [0.1, 0.15) is 0 Å². The van der Waals surface area contributed by atoms with Gasteiger partial charge in [0.15, 0.2) is 23.0 Å². The second-order valence-electron chi connectivity index (χ2n) is 6.99. The van der Waals surface area contributed by atoms with Crippen molar-refractivity contribution in [1.82, 2.24) is 0 Å². The highest BCUT2D eigenvalue weighted by atomic mass is 16.5. The van der Waals surface area contributed by atoms with Gasteiger partial charge in [-0.15, -0.1) is 0 Å². The molecule has 0 aromatic heterocycles. The standard InChI is InChI=1S/C22H30O6/c1-27-21-12-15(5-7-19(21)25)10-17(4-3-9-23)18(14-24)11-16-6-8-20(26)22(13-16)28-2/h5-8,12-13,17-18,23-26H,3-4,9-11,14H2,1-2H3/t17-,18+/m1/s1. The summed E-state index contributed by atoms with van der Waals surface area (Å²) in [5, 5.41) is 38.9. The minimum absolute atomic E-state index is 0.00844. The fourth-order valence-corrected chi connectivity index (χ4v) is 3.54. The van der Waals surface area contributed by atoms with Crippen molar-refractivity contribution < 1.29 is 29.9 Å². The summed E-state index contributed by atoms with van der Waals surface area (Å²) in [7, 11) is 3.02. The molecule has 2 rings (SSSR count). The van der Waals surface area contributed by atoms with E-state index in [1.54, 1.807) is 24.3 Å². The van der Waals surface area contributed by atoms with Gasteiger partial charge in [0.2, 0.25) is 0 Å². The molecule has 0 saturated carbocycles. The van der Waals surface area contributed by atoms with E-state index in [0.717, 1.165) is 17.5 Å². The van der Waals surface area contributed by atoms with Crippen molar-refractivity contribution in [2.24, 2.45) is 11.8 Å². The highest BCUT2D eigenvalue weighted by Crippen LogP contribution is 2.32. The van der Waals surface area contributed by atoms with Gasteiger partial charge in [-0.25, -0.2) is 0 Å².